The van der Waals surface area contributed by atoms with Crippen LogP contribution in [0.1, 0.15) is 32.1 Å². The van der Waals surface area contributed by atoms with Crippen molar-refractivity contribution in [2.24, 2.45) is 0 Å². The van der Waals surface area contributed by atoms with Crippen LogP contribution in [0.2, 0.25) is 0 Å². The summed E-state index contributed by atoms with van der Waals surface area (Å²) in [5, 5.41) is 2.76. The standard InChI is InChI=1S/C15H16F2N2O2/c16-9-5-10(17)7-11(6-9)18-13-8-14(20)19(15(13)21)12-3-1-2-4-12/h5-7,12-13,18H,1-4,8H2. The molecule has 112 valence electrons. The second-order valence-electron chi connectivity index (χ2n) is 5.60. The second-order valence-corrected chi connectivity index (χ2v) is 5.60. The summed E-state index contributed by atoms with van der Waals surface area (Å²) in [7, 11) is 0. The molecule has 1 unspecified atom stereocenters. The molecule has 6 heteroatoms. The number of nitrogens with one attached hydrogen (secondary N) is 1. The Bertz CT molecular complexity index is 565. The lowest BCUT2D eigenvalue weighted by atomic mass is 10.2. The van der Waals surface area contributed by atoms with Crippen molar-refractivity contribution in [1.29, 1.82) is 0 Å². The maximum absolute atomic E-state index is 13.2. The SMILES string of the molecule is O=C1CC(Nc2cc(F)cc(F)c2)C(=O)N1C1CCCC1. The van der Waals surface area contributed by atoms with Crippen LogP contribution in [0.5, 0.6) is 0 Å². The number of carbonyl (C=O) groups excluding carboxylic acids is 2. The number of amides is 2. The van der Waals surface area contributed by atoms with Crippen LogP contribution in [0.4, 0.5) is 14.5 Å². The number of hydrogen-bond donors (Lipinski definition) is 1. The van der Waals surface area contributed by atoms with Crippen LogP contribution in [0.25, 0.3) is 0 Å². The second kappa shape index (κ2) is 5.42. The Balaban J connectivity index is 1.74. The lowest BCUT2D eigenvalue weighted by molar-refractivity contribution is -0.141. The van der Waals surface area contributed by atoms with E-state index in [2.05, 4.69) is 5.32 Å². The number of halogens is 2. The van der Waals surface area contributed by atoms with Gasteiger partial charge in [-0.25, -0.2) is 8.78 Å². The van der Waals surface area contributed by atoms with E-state index in [0.29, 0.717) is 0 Å². The van der Waals surface area contributed by atoms with Gasteiger partial charge in [0, 0.05) is 17.8 Å². The first-order chi connectivity index (χ1) is 10.0. The quantitative estimate of drug-likeness (QED) is 0.871. The van der Waals surface area contributed by atoms with E-state index in [4.69, 9.17) is 0 Å². The number of rotatable bonds is 3. The molecule has 1 aliphatic carbocycles. The molecule has 1 heterocycles. The molecule has 3 rings (SSSR count). The van der Waals surface area contributed by atoms with Gasteiger partial charge in [0.2, 0.25) is 5.91 Å². The van der Waals surface area contributed by atoms with E-state index in [1.807, 2.05) is 0 Å². The molecule has 2 amide bonds. The van der Waals surface area contributed by atoms with Crippen molar-refractivity contribution in [3.05, 3.63) is 29.8 Å². The molecule has 1 aliphatic heterocycles. The molecule has 1 aromatic rings. The molecule has 21 heavy (non-hydrogen) atoms. The van der Waals surface area contributed by atoms with E-state index < -0.39 is 17.7 Å². The highest BCUT2D eigenvalue weighted by molar-refractivity contribution is 6.07. The van der Waals surface area contributed by atoms with Gasteiger partial charge in [-0.3, -0.25) is 14.5 Å². The molecule has 1 saturated carbocycles. The first kappa shape index (κ1) is 14.0. The summed E-state index contributed by atoms with van der Waals surface area (Å²) in [6.45, 7) is 0. The van der Waals surface area contributed by atoms with Crippen LogP contribution >= 0.6 is 0 Å². The molecule has 1 atom stereocenters. The number of nitrogens with zero attached hydrogens (tertiary/aromatic N) is 1. The Morgan fingerprint density at radius 2 is 1.67 bits per heavy atom. The minimum absolute atomic E-state index is 0.0129. The maximum Gasteiger partial charge on any atom is 0.252 e. The third kappa shape index (κ3) is 2.75. The molecule has 1 aromatic carbocycles. The van der Waals surface area contributed by atoms with Gasteiger partial charge in [0.25, 0.3) is 5.91 Å². The van der Waals surface area contributed by atoms with Gasteiger partial charge < -0.3 is 5.32 Å². The van der Waals surface area contributed by atoms with E-state index in [1.165, 1.54) is 4.90 Å². The molecule has 4 nitrogen and oxygen atoms in total. The highest BCUT2D eigenvalue weighted by Gasteiger charge is 2.42. The summed E-state index contributed by atoms with van der Waals surface area (Å²) >= 11 is 0. The molecular formula is C15H16F2N2O2. The van der Waals surface area contributed by atoms with E-state index in [1.54, 1.807) is 0 Å². The molecular weight excluding hydrogens is 278 g/mol. The average Bonchev–Trinajstić information content (AvgIpc) is 2.98. The third-order valence-corrected chi connectivity index (χ3v) is 4.08. The molecule has 2 fully saturated rings. The van der Waals surface area contributed by atoms with Crippen LogP contribution in [0, 0.1) is 11.6 Å². The Morgan fingerprint density at radius 3 is 2.29 bits per heavy atom. The third-order valence-electron chi connectivity index (χ3n) is 4.08. The van der Waals surface area contributed by atoms with E-state index in [-0.39, 0.29) is 30.0 Å². The first-order valence-corrected chi connectivity index (χ1v) is 7.13. The lowest BCUT2D eigenvalue weighted by Crippen LogP contribution is -2.40. The monoisotopic (exact) mass is 294 g/mol. The Morgan fingerprint density at radius 1 is 1.05 bits per heavy atom. The van der Waals surface area contributed by atoms with Crippen LogP contribution in [0.15, 0.2) is 18.2 Å². The van der Waals surface area contributed by atoms with Gasteiger partial charge in [-0.1, -0.05) is 12.8 Å². The molecule has 0 radical (unpaired) electrons. The number of likely N-dealkylation sites (tertiary alicyclic amines) is 1. The van der Waals surface area contributed by atoms with Gasteiger partial charge >= 0.3 is 0 Å². The largest absolute Gasteiger partial charge is 0.373 e. The summed E-state index contributed by atoms with van der Waals surface area (Å²) < 4.78 is 26.3. The van der Waals surface area contributed by atoms with Crippen molar-refractivity contribution in [2.75, 3.05) is 5.32 Å². The van der Waals surface area contributed by atoms with Gasteiger partial charge in [-0.15, -0.1) is 0 Å². The van der Waals surface area contributed by atoms with Gasteiger partial charge in [-0.2, -0.15) is 0 Å². The average molecular weight is 294 g/mol. The Kier molecular flexibility index (Phi) is 3.61. The minimum atomic E-state index is -0.737. The molecule has 2 aliphatic rings. The van der Waals surface area contributed by atoms with Crippen LogP contribution in [-0.2, 0) is 9.59 Å². The van der Waals surface area contributed by atoms with Crippen molar-refractivity contribution in [3.63, 3.8) is 0 Å². The van der Waals surface area contributed by atoms with Gasteiger partial charge in [0.05, 0.1) is 6.42 Å². The fourth-order valence-electron chi connectivity index (χ4n) is 3.15. The normalized spacial score (nSPS) is 23.1. The van der Waals surface area contributed by atoms with Crippen LogP contribution < -0.4 is 5.32 Å². The lowest BCUT2D eigenvalue weighted by Gasteiger charge is -2.22. The first-order valence-electron chi connectivity index (χ1n) is 7.13. The fraction of sp³-hybridized carbons (Fsp3) is 0.467. The van der Waals surface area contributed by atoms with Crippen molar-refractivity contribution < 1.29 is 18.4 Å². The number of imide groups is 1. The zero-order valence-electron chi connectivity index (χ0n) is 11.4. The maximum atomic E-state index is 13.2. The van der Waals surface area contributed by atoms with Crippen molar-refractivity contribution in [1.82, 2.24) is 4.90 Å². The molecule has 0 bridgehead atoms. The summed E-state index contributed by atoms with van der Waals surface area (Å²) in [5.41, 5.74) is 0.173. The summed E-state index contributed by atoms with van der Waals surface area (Å²) in [6, 6.07) is 2.23. The van der Waals surface area contributed by atoms with Gasteiger partial charge in [0.15, 0.2) is 0 Å². The molecule has 0 aromatic heterocycles. The van der Waals surface area contributed by atoms with Crippen molar-refractivity contribution in [3.8, 4) is 0 Å². The highest BCUT2D eigenvalue weighted by atomic mass is 19.1. The van der Waals surface area contributed by atoms with Crippen molar-refractivity contribution in [2.45, 2.75) is 44.2 Å². The predicted octanol–water partition coefficient (Wildman–Crippen LogP) is 2.45. The molecule has 1 saturated heterocycles. The highest BCUT2D eigenvalue weighted by Crippen LogP contribution is 2.29. The smallest absolute Gasteiger partial charge is 0.252 e. The van der Waals surface area contributed by atoms with Crippen molar-refractivity contribution >= 4 is 17.5 Å². The Labute approximate surface area is 121 Å². The zero-order valence-corrected chi connectivity index (χ0v) is 11.4. The number of carbonyl (C=O) groups is 2. The summed E-state index contributed by atoms with van der Waals surface area (Å²) in [5.74, 6) is -1.94. The number of benzene rings is 1. The van der Waals surface area contributed by atoms with Gasteiger partial charge in [0.1, 0.15) is 17.7 Å². The fourth-order valence-corrected chi connectivity index (χ4v) is 3.15. The molecule has 1 N–H and O–H groups in total. The summed E-state index contributed by atoms with van der Waals surface area (Å²) in [4.78, 5) is 25.7. The zero-order chi connectivity index (χ0) is 15.0. The number of hydrogen-bond acceptors (Lipinski definition) is 3. The molecule has 0 spiro atoms. The van der Waals surface area contributed by atoms with Crippen LogP contribution in [-0.4, -0.2) is 28.8 Å². The summed E-state index contributed by atoms with van der Waals surface area (Å²) in [6.07, 6.45) is 3.77. The Hall–Kier alpha value is -1.98. The van der Waals surface area contributed by atoms with E-state index in [9.17, 15) is 18.4 Å². The predicted molar refractivity (Wildman–Crippen MR) is 72.5 cm³/mol. The van der Waals surface area contributed by atoms with E-state index in [0.717, 1.165) is 43.9 Å². The van der Waals surface area contributed by atoms with Gasteiger partial charge in [-0.05, 0) is 25.0 Å². The minimum Gasteiger partial charge on any atom is -0.373 e. The number of anilines is 1. The van der Waals surface area contributed by atoms with Crippen LogP contribution in [0.3, 0.4) is 0 Å². The van der Waals surface area contributed by atoms with E-state index >= 15 is 0 Å². The topological polar surface area (TPSA) is 49.4 Å².